The van der Waals surface area contributed by atoms with Crippen molar-refractivity contribution in [3.05, 3.63) is 52.6 Å². The Morgan fingerprint density at radius 1 is 1.21 bits per heavy atom. The first kappa shape index (κ1) is 18.6. The van der Waals surface area contributed by atoms with Crippen molar-refractivity contribution in [2.45, 2.75) is 31.2 Å². The van der Waals surface area contributed by atoms with Crippen LogP contribution in [0.4, 0.5) is 5.82 Å². The van der Waals surface area contributed by atoms with Gasteiger partial charge in [0.15, 0.2) is 0 Å². The summed E-state index contributed by atoms with van der Waals surface area (Å²) in [6.07, 6.45) is 2.27. The molecule has 1 unspecified atom stereocenters. The Balaban J connectivity index is 2.11. The number of nitrogens with zero attached hydrogens (tertiary/aromatic N) is 1. The molecule has 0 aliphatic rings. The molecule has 2 N–H and O–H groups in total. The smallest absolute Gasteiger partial charge is 0.256 e. The van der Waals surface area contributed by atoms with Gasteiger partial charge in [-0.05, 0) is 65.7 Å². The number of hydrogen-bond acceptors (Lipinski definition) is 4. The molecule has 8 heteroatoms. The molecule has 24 heavy (non-hydrogen) atoms. The Morgan fingerprint density at radius 2 is 1.88 bits per heavy atom. The number of aromatic nitrogens is 1. The number of carbonyl (C=O) groups excluding carboxylic acids is 1. The molecule has 2 aromatic rings. The number of sulfonamides is 1. The van der Waals surface area contributed by atoms with Gasteiger partial charge in [0.05, 0.1) is 4.90 Å². The number of pyridine rings is 1. The minimum absolute atomic E-state index is 0.126. The first-order valence-corrected chi connectivity index (χ1v) is 9.64. The molecule has 1 aromatic heterocycles. The van der Waals surface area contributed by atoms with E-state index in [1.54, 1.807) is 25.3 Å². The average Bonchev–Trinajstić information content (AvgIpc) is 2.56. The predicted molar refractivity (Wildman–Crippen MR) is 96.4 cm³/mol. The first-order chi connectivity index (χ1) is 11.3. The van der Waals surface area contributed by atoms with Gasteiger partial charge in [0.1, 0.15) is 5.82 Å². The van der Waals surface area contributed by atoms with E-state index in [2.05, 4.69) is 31.0 Å². The number of rotatable bonds is 6. The van der Waals surface area contributed by atoms with Crippen molar-refractivity contribution in [2.24, 2.45) is 0 Å². The number of anilines is 1. The van der Waals surface area contributed by atoms with Gasteiger partial charge in [-0.15, -0.1) is 0 Å². The highest BCUT2D eigenvalue weighted by molar-refractivity contribution is 9.10. The van der Waals surface area contributed by atoms with Crippen LogP contribution in [0.15, 0.2) is 52.0 Å². The lowest BCUT2D eigenvalue weighted by Gasteiger charge is -2.12. The molecule has 0 spiro atoms. The van der Waals surface area contributed by atoms with Gasteiger partial charge in [0.2, 0.25) is 10.0 Å². The van der Waals surface area contributed by atoms with Crippen LogP contribution >= 0.6 is 15.9 Å². The van der Waals surface area contributed by atoms with Gasteiger partial charge in [-0.2, -0.15) is 0 Å². The monoisotopic (exact) mass is 411 g/mol. The number of nitrogens with one attached hydrogen (secondary N) is 2. The van der Waals surface area contributed by atoms with Crippen LogP contribution < -0.4 is 10.0 Å². The molecular formula is C16H18BrN3O3S. The number of hydrogen-bond donors (Lipinski definition) is 2. The molecule has 6 nitrogen and oxygen atoms in total. The molecule has 1 heterocycles. The molecule has 1 atom stereocenters. The van der Waals surface area contributed by atoms with Crippen LogP contribution in [-0.2, 0) is 10.0 Å². The summed E-state index contributed by atoms with van der Waals surface area (Å²) in [6, 6.07) is 9.04. The molecular weight excluding hydrogens is 394 g/mol. The second-order valence-electron chi connectivity index (χ2n) is 5.27. The summed E-state index contributed by atoms with van der Waals surface area (Å²) in [5, 5.41) is 2.65. The van der Waals surface area contributed by atoms with Gasteiger partial charge in [0.25, 0.3) is 5.91 Å². The van der Waals surface area contributed by atoms with E-state index in [4.69, 9.17) is 0 Å². The molecule has 128 valence electrons. The minimum Gasteiger partial charge on any atom is -0.307 e. The zero-order chi connectivity index (χ0) is 17.7. The lowest BCUT2D eigenvalue weighted by molar-refractivity contribution is 0.102. The standard InChI is InChI=1S/C16H18BrN3O3S/c1-3-11(2)20-24(22,23)14-7-4-12(5-8-14)16(21)19-15-9-6-13(17)10-18-15/h4-11,20H,3H2,1-2H3,(H,18,19,21). The van der Waals surface area contributed by atoms with Gasteiger partial charge < -0.3 is 5.32 Å². The third kappa shape index (κ3) is 4.86. The van der Waals surface area contributed by atoms with Crippen LogP contribution in [0.2, 0.25) is 0 Å². The fraction of sp³-hybridized carbons (Fsp3) is 0.250. The number of benzene rings is 1. The Kier molecular flexibility index (Phi) is 6.09. The van der Waals surface area contributed by atoms with Crippen LogP contribution in [0.3, 0.4) is 0 Å². The molecule has 0 fully saturated rings. The molecule has 0 saturated carbocycles. The Hall–Kier alpha value is -1.77. The van der Waals surface area contributed by atoms with E-state index in [1.807, 2.05) is 6.92 Å². The molecule has 1 amide bonds. The summed E-state index contributed by atoms with van der Waals surface area (Å²) in [5.74, 6) is 0.0574. The Labute approximate surface area is 149 Å². The highest BCUT2D eigenvalue weighted by Crippen LogP contribution is 2.14. The maximum absolute atomic E-state index is 12.2. The SMILES string of the molecule is CCC(C)NS(=O)(=O)c1ccc(C(=O)Nc2ccc(Br)cn2)cc1. The molecule has 0 aliphatic carbocycles. The number of halogens is 1. The summed E-state index contributed by atoms with van der Waals surface area (Å²) in [4.78, 5) is 16.3. The van der Waals surface area contributed by atoms with Gasteiger partial charge in [-0.1, -0.05) is 6.92 Å². The molecule has 0 aliphatic heterocycles. The maximum atomic E-state index is 12.2. The van der Waals surface area contributed by atoms with Crippen molar-refractivity contribution in [3.63, 3.8) is 0 Å². The topological polar surface area (TPSA) is 88.2 Å². The Bertz CT molecular complexity index is 805. The van der Waals surface area contributed by atoms with Gasteiger partial charge >= 0.3 is 0 Å². The summed E-state index contributed by atoms with van der Waals surface area (Å²) in [6.45, 7) is 3.70. The van der Waals surface area contributed by atoms with E-state index in [1.165, 1.54) is 24.3 Å². The highest BCUT2D eigenvalue weighted by Gasteiger charge is 2.17. The van der Waals surface area contributed by atoms with Crippen LogP contribution in [0, 0.1) is 0 Å². The number of amides is 1. The number of carbonyl (C=O) groups is 1. The summed E-state index contributed by atoms with van der Waals surface area (Å²) >= 11 is 3.27. The van der Waals surface area contributed by atoms with E-state index in [-0.39, 0.29) is 16.8 Å². The molecule has 0 saturated heterocycles. The fourth-order valence-corrected chi connectivity index (χ4v) is 3.40. The van der Waals surface area contributed by atoms with Gasteiger partial charge in [-0.25, -0.2) is 18.1 Å². The quantitative estimate of drug-likeness (QED) is 0.763. The lowest BCUT2D eigenvalue weighted by atomic mass is 10.2. The van der Waals surface area contributed by atoms with Crippen molar-refractivity contribution in [1.82, 2.24) is 9.71 Å². The zero-order valence-electron chi connectivity index (χ0n) is 13.3. The second-order valence-corrected chi connectivity index (χ2v) is 7.90. The van der Waals surface area contributed by atoms with E-state index in [9.17, 15) is 13.2 Å². The normalized spacial score (nSPS) is 12.6. The van der Waals surface area contributed by atoms with Crippen LogP contribution in [0.25, 0.3) is 0 Å². The van der Waals surface area contributed by atoms with E-state index >= 15 is 0 Å². The van der Waals surface area contributed by atoms with Crippen molar-refractivity contribution in [3.8, 4) is 0 Å². The Morgan fingerprint density at radius 3 is 2.42 bits per heavy atom. The molecule has 0 bridgehead atoms. The van der Waals surface area contributed by atoms with E-state index in [0.717, 1.165) is 4.47 Å². The van der Waals surface area contributed by atoms with Crippen molar-refractivity contribution in [2.75, 3.05) is 5.32 Å². The van der Waals surface area contributed by atoms with Gasteiger partial charge in [0, 0.05) is 22.3 Å². The molecule has 2 rings (SSSR count). The van der Waals surface area contributed by atoms with Gasteiger partial charge in [-0.3, -0.25) is 4.79 Å². The van der Waals surface area contributed by atoms with Crippen molar-refractivity contribution >= 4 is 37.7 Å². The lowest BCUT2D eigenvalue weighted by Crippen LogP contribution is -2.32. The summed E-state index contributed by atoms with van der Waals surface area (Å²) < 4.78 is 27.7. The molecule has 0 radical (unpaired) electrons. The van der Waals surface area contributed by atoms with Crippen molar-refractivity contribution < 1.29 is 13.2 Å². The fourth-order valence-electron chi connectivity index (χ4n) is 1.84. The van der Waals surface area contributed by atoms with Crippen LogP contribution in [0.5, 0.6) is 0 Å². The highest BCUT2D eigenvalue weighted by atomic mass is 79.9. The third-order valence-electron chi connectivity index (χ3n) is 3.36. The predicted octanol–water partition coefficient (Wildman–Crippen LogP) is 3.17. The third-order valence-corrected chi connectivity index (χ3v) is 5.44. The second kappa shape index (κ2) is 7.87. The average molecular weight is 412 g/mol. The van der Waals surface area contributed by atoms with E-state index in [0.29, 0.717) is 17.8 Å². The summed E-state index contributed by atoms with van der Waals surface area (Å²) in [5.41, 5.74) is 0.349. The van der Waals surface area contributed by atoms with Crippen LogP contribution in [0.1, 0.15) is 30.6 Å². The first-order valence-electron chi connectivity index (χ1n) is 7.37. The minimum atomic E-state index is -3.58. The van der Waals surface area contributed by atoms with E-state index < -0.39 is 10.0 Å². The van der Waals surface area contributed by atoms with Crippen molar-refractivity contribution in [1.29, 1.82) is 0 Å². The largest absolute Gasteiger partial charge is 0.307 e. The molecule has 1 aromatic carbocycles. The zero-order valence-corrected chi connectivity index (χ0v) is 15.7. The maximum Gasteiger partial charge on any atom is 0.256 e. The van der Waals surface area contributed by atoms with Crippen LogP contribution in [-0.4, -0.2) is 25.4 Å². The summed E-state index contributed by atoms with van der Waals surface area (Å²) in [7, 11) is -3.58.